The second-order valence-corrected chi connectivity index (χ2v) is 19.6. The summed E-state index contributed by atoms with van der Waals surface area (Å²) in [6.45, 7) is 21.0. The molecule has 2 rings (SSSR count). The van der Waals surface area contributed by atoms with Crippen LogP contribution >= 0.6 is 45.2 Å². The molecule has 0 aromatic heterocycles. The van der Waals surface area contributed by atoms with Crippen molar-refractivity contribution < 1.29 is 29.3 Å². The van der Waals surface area contributed by atoms with E-state index in [0.29, 0.717) is 12.8 Å². The number of alkyl halides is 2. The summed E-state index contributed by atoms with van der Waals surface area (Å²) in [6, 6.07) is 0. The minimum atomic E-state index is -1.86. The van der Waals surface area contributed by atoms with E-state index in [-0.39, 0.29) is 20.4 Å². The Morgan fingerprint density at radius 3 is 1.35 bits per heavy atom. The van der Waals surface area contributed by atoms with Crippen molar-refractivity contribution in [3.05, 3.63) is 0 Å². The Bertz CT molecular complexity index is 957. The fraction of sp³-hybridized carbons (Fsp3) is 0.947. The molecular formula is C38H70I2N2O6. The SMILES string of the molecule is CCCCCCCC(I)OC1CCC(C)(C)N(C(CC(=O)O)(C(=O)O)N2C(C)(C)CCC(OC(I)CCCCCCC)C2(C)C)C1(C)C. The lowest BCUT2D eigenvalue weighted by molar-refractivity contribution is -0.277. The number of carbonyl (C=O) groups is 2. The van der Waals surface area contributed by atoms with Gasteiger partial charge < -0.3 is 19.7 Å². The molecule has 0 radical (unpaired) electrons. The molecule has 0 amide bonds. The summed E-state index contributed by atoms with van der Waals surface area (Å²) in [4.78, 5) is 31.3. The maximum atomic E-state index is 14.2. The molecule has 2 saturated heterocycles. The number of halogens is 2. The van der Waals surface area contributed by atoms with Crippen molar-refractivity contribution >= 4 is 57.1 Å². The molecule has 8 nitrogen and oxygen atoms in total. The number of nitrogens with zero attached hydrogens (tertiary/aromatic N) is 2. The predicted molar refractivity (Wildman–Crippen MR) is 213 cm³/mol. The minimum absolute atomic E-state index is 0.00141. The van der Waals surface area contributed by atoms with Gasteiger partial charge in [0.15, 0.2) is 5.66 Å². The molecule has 2 heterocycles. The van der Waals surface area contributed by atoms with Crippen LogP contribution in [0.2, 0.25) is 0 Å². The first-order valence-corrected chi connectivity index (χ1v) is 21.4. The molecule has 4 unspecified atom stereocenters. The van der Waals surface area contributed by atoms with E-state index in [0.717, 1.165) is 38.5 Å². The minimum Gasteiger partial charge on any atom is -0.481 e. The van der Waals surface area contributed by atoms with Crippen LogP contribution in [-0.4, -0.2) is 80.2 Å². The van der Waals surface area contributed by atoms with Gasteiger partial charge in [-0.25, -0.2) is 4.79 Å². The van der Waals surface area contributed by atoms with Gasteiger partial charge in [0.1, 0.15) is 8.22 Å². The van der Waals surface area contributed by atoms with Gasteiger partial charge in [-0.3, -0.25) is 14.6 Å². The van der Waals surface area contributed by atoms with Crippen molar-refractivity contribution in [2.75, 3.05) is 0 Å². The molecule has 2 fully saturated rings. The molecule has 0 aliphatic carbocycles. The molecule has 10 heteroatoms. The number of likely N-dealkylation sites (tertiary alicyclic amines) is 2. The van der Waals surface area contributed by atoms with Gasteiger partial charge >= 0.3 is 11.9 Å². The zero-order valence-corrected chi connectivity index (χ0v) is 36.3. The third-order valence-electron chi connectivity index (χ3n) is 11.1. The normalized spacial score (nSPS) is 26.4. The third-order valence-corrected chi connectivity index (χ3v) is 13.0. The summed E-state index contributed by atoms with van der Waals surface area (Å²) in [7, 11) is 0. The number of aliphatic carboxylic acids is 2. The molecule has 0 aromatic rings. The summed E-state index contributed by atoms with van der Waals surface area (Å²) in [5, 5.41) is 22.2. The number of carboxylic acid groups (broad SMARTS) is 2. The standard InChI is InChI=1S/C38H70I2N2O6/c1-11-13-15-17-19-21-30(39)47-28-23-25-34(3,4)41(36(28,7)8)38(33(45)46,27-32(43)44)42-35(5,6)26-24-29(37(42,9)10)48-31(40)22-20-18-16-14-12-2/h28-31H,11-27H2,1-10H3,(H,43,44)(H,45,46). The first kappa shape index (κ1) is 44.4. The van der Waals surface area contributed by atoms with Crippen molar-refractivity contribution in [3.63, 3.8) is 0 Å². The average Bonchev–Trinajstić information content (AvgIpc) is 2.94. The molecule has 0 aromatic carbocycles. The number of carboxylic acids is 2. The number of hydrogen-bond donors (Lipinski definition) is 2. The number of piperidine rings is 2. The van der Waals surface area contributed by atoms with Crippen molar-refractivity contribution in [1.29, 1.82) is 0 Å². The molecule has 2 aliphatic heterocycles. The van der Waals surface area contributed by atoms with Crippen LogP contribution in [0, 0.1) is 0 Å². The quantitative estimate of drug-likeness (QED) is 0.0668. The van der Waals surface area contributed by atoms with Crippen LogP contribution in [0.15, 0.2) is 0 Å². The van der Waals surface area contributed by atoms with Gasteiger partial charge in [-0.2, -0.15) is 0 Å². The fourth-order valence-corrected chi connectivity index (χ4v) is 10.8. The summed E-state index contributed by atoms with van der Waals surface area (Å²) >= 11 is 4.79. The second kappa shape index (κ2) is 18.8. The number of unbranched alkanes of at least 4 members (excludes halogenated alkanes) is 8. The van der Waals surface area contributed by atoms with Crippen LogP contribution in [0.3, 0.4) is 0 Å². The highest BCUT2D eigenvalue weighted by molar-refractivity contribution is 14.1. The van der Waals surface area contributed by atoms with Gasteiger partial charge in [0, 0.05) is 22.2 Å². The van der Waals surface area contributed by atoms with E-state index < -0.39 is 46.2 Å². The van der Waals surface area contributed by atoms with E-state index in [1.54, 1.807) is 0 Å². The zero-order chi connectivity index (χ0) is 36.6. The van der Waals surface area contributed by atoms with Gasteiger partial charge in [-0.1, -0.05) is 123 Å². The van der Waals surface area contributed by atoms with Gasteiger partial charge in [-0.05, 0) is 93.9 Å². The van der Waals surface area contributed by atoms with E-state index in [1.807, 2.05) is 9.80 Å². The van der Waals surface area contributed by atoms with Crippen LogP contribution in [-0.2, 0) is 19.1 Å². The monoisotopic (exact) mass is 904 g/mol. The van der Waals surface area contributed by atoms with Crippen LogP contribution in [0.4, 0.5) is 0 Å². The third kappa shape index (κ3) is 10.9. The van der Waals surface area contributed by atoms with E-state index in [2.05, 4.69) is 114 Å². The van der Waals surface area contributed by atoms with Crippen LogP contribution in [0.5, 0.6) is 0 Å². The molecular weight excluding hydrogens is 834 g/mol. The van der Waals surface area contributed by atoms with Crippen LogP contribution < -0.4 is 0 Å². The maximum Gasteiger partial charge on any atom is 0.340 e. The van der Waals surface area contributed by atoms with Gasteiger partial charge in [0.05, 0.1) is 18.6 Å². The fourth-order valence-electron chi connectivity index (χ4n) is 9.22. The molecule has 2 aliphatic rings. The molecule has 2 N–H and O–H groups in total. The molecule has 0 bridgehead atoms. The lowest BCUT2D eigenvalue weighted by atomic mass is 9.69. The van der Waals surface area contributed by atoms with Gasteiger partial charge in [-0.15, -0.1) is 0 Å². The van der Waals surface area contributed by atoms with Gasteiger partial charge in [0.2, 0.25) is 0 Å². The molecule has 0 saturated carbocycles. The molecule has 282 valence electrons. The lowest BCUT2D eigenvalue weighted by Crippen LogP contribution is -2.85. The summed E-state index contributed by atoms with van der Waals surface area (Å²) in [6.07, 6.45) is 15.7. The lowest BCUT2D eigenvalue weighted by Gasteiger charge is -2.69. The van der Waals surface area contributed by atoms with E-state index >= 15 is 0 Å². The topological polar surface area (TPSA) is 99.5 Å². The smallest absolute Gasteiger partial charge is 0.340 e. The summed E-state index contributed by atoms with van der Waals surface area (Å²) in [5.74, 6) is -2.25. The Hall–Kier alpha value is 0.240. The van der Waals surface area contributed by atoms with Crippen LogP contribution in [0.1, 0.15) is 178 Å². The number of hydrogen-bond acceptors (Lipinski definition) is 6. The highest BCUT2D eigenvalue weighted by Gasteiger charge is 2.69. The number of rotatable bonds is 21. The largest absolute Gasteiger partial charge is 0.481 e. The van der Waals surface area contributed by atoms with Crippen molar-refractivity contribution in [2.24, 2.45) is 0 Å². The zero-order valence-electron chi connectivity index (χ0n) is 32.0. The Labute approximate surface area is 320 Å². The molecule has 4 atom stereocenters. The Morgan fingerprint density at radius 1 is 0.688 bits per heavy atom. The Balaban J connectivity index is 2.57. The highest BCUT2D eigenvalue weighted by atomic mass is 127. The predicted octanol–water partition coefficient (Wildman–Crippen LogP) is 10.6. The van der Waals surface area contributed by atoms with E-state index in [1.165, 1.54) is 51.4 Å². The summed E-state index contributed by atoms with van der Waals surface area (Å²) in [5.41, 5.74) is -4.68. The summed E-state index contributed by atoms with van der Waals surface area (Å²) < 4.78 is 13.6. The Morgan fingerprint density at radius 2 is 1.04 bits per heavy atom. The average molecular weight is 905 g/mol. The van der Waals surface area contributed by atoms with Crippen molar-refractivity contribution in [3.8, 4) is 0 Å². The highest BCUT2D eigenvalue weighted by Crippen LogP contribution is 2.54. The maximum absolute atomic E-state index is 14.2. The van der Waals surface area contributed by atoms with Crippen molar-refractivity contribution in [2.45, 2.75) is 227 Å². The number of ether oxygens (including phenoxy) is 2. The molecule has 0 spiro atoms. The van der Waals surface area contributed by atoms with Gasteiger partial charge in [0.25, 0.3) is 0 Å². The Kier molecular flexibility index (Phi) is 17.4. The first-order chi connectivity index (χ1) is 22.2. The second-order valence-electron chi connectivity index (χ2n) is 16.8. The molecule has 48 heavy (non-hydrogen) atoms. The first-order valence-electron chi connectivity index (χ1n) is 18.9. The van der Waals surface area contributed by atoms with Crippen molar-refractivity contribution in [1.82, 2.24) is 9.80 Å². The van der Waals surface area contributed by atoms with Crippen LogP contribution in [0.25, 0.3) is 0 Å². The van der Waals surface area contributed by atoms with E-state index in [9.17, 15) is 19.8 Å². The van der Waals surface area contributed by atoms with E-state index in [4.69, 9.17) is 9.47 Å².